The highest BCUT2D eigenvalue weighted by molar-refractivity contribution is 7.99. The summed E-state index contributed by atoms with van der Waals surface area (Å²) in [7, 11) is 1.38. The van der Waals surface area contributed by atoms with Crippen LogP contribution in [0.15, 0.2) is 58.0 Å². The van der Waals surface area contributed by atoms with E-state index in [4.69, 9.17) is 32.9 Å². The van der Waals surface area contributed by atoms with E-state index in [2.05, 4.69) is 0 Å². The summed E-state index contributed by atoms with van der Waals surface area (Å²) in [6.45, 7) is 0. The SMILES string of the molecule is COC(=O)/C1=C/c2cc3ccccc3nc2Sc2c(Cl)cc(Cl)cc2C1. The first-order chi connectivity index (χ1) is 12.5. The molecule has 0 fully saturated rings. The molecule has 0 bridgehead atoms. The lowest BCUT2D eigenvalue weighted by Gasteiger charge is -2.18. The molecule has 2 aromatic carbocycles. The van der Waals surface area contributed by atoms with E-state index in [0.717, 1.165) is 32.0 Å². The summed E-state index contributed by atoms with van der Waals surface area (Å²) in [5.41, 5.74) is 3.17. The van der Waals surface area contributed by atoms with Gasteiger partial charge in [-0.05, 0) is 35.9 Å². The van der Waals surface area contributed by atoms with E-state index in [0.29, 0.717) is 22.0 Å². The van der Waals surface area contributed by atoms with E-state index in [1.165, 1.54) is 18.9 Å². The molecule has 0 amide bonds. The number of esters is 1. The van der Waals surface area contributed by atoms with Crippen LogP contribution in [0.25, 0.3) is 17.0 Å². The molecule has 26 heavy (non-hydrogen) atoms. The molecule has 130 valence electrons. The van der Waals surface area contributed by atoms with Crippen LogP contribution in [-0.4, -0.2) is 18.1 Å². The van der Waals surface area contributed by atoms with Gasteiger partial charge in [0.15, 0.2) is 0 Å². The van der Waals surface area contributed by atoms with Crippen molar-refractivity contribution in [2.45, 2.75) is 16.3 Å². The number of rotatable bonds is 1. The van der Waals surface area contributed by atoms with Gasteiger partial charge < -0.3 is 4.74 Å². The van der Waals surface area contributed by atoms with Crippen LogP contribution in [0.3, 0.4) is 0 Å². The molecule has 0 unspecified atom stereocenters. The minimum absolute atomic E-state index is 0.377. The molecule has 0 saturated carbocycles. The third-order valence-corrected chi connectivity index (χ3v) is 5.99. The first-order valence-corrected chi connectivity index (χ1v) is 9.47. The van der Waals surface area contributed by atoms with Gasteiger partial charge in [0, 0.05) is 32.9 Å². The molecule has 0 saturated heterocycles. The Kier molecular flexibility index (Phi) is 4.65. The van der Waals surface area contributed by atoms with Crippen LogP contribution in [0.4, 0.5) is 0 Å². The summed E-state index contributed by atoms with van der Waals surface area (Å²) in [4.78, 5) is 17.9. The van der Waals surface area contributed by atoms with Crippen molar-refractivity contribution >= 4 is 57.9 Å². The maximum Gasteiger partial charge on any atom is 0.334 e. The van der Waals surface area contributed by atoms with Crippen LogP contribution in [0, 0.1) is 0 Å². The average Bonchev–Trinajstić information content (AvgIpc) is 2.61. The molecule has 6 heteroatoms. The number of para-hydroxylation sites is 1. The van der Waals surface area contributed by atoms with Crippen molar-refractivity contribution in [2.24, 2.45) is 0 Å². The molecular weight excluding hydrogens is 389 g/mol. The second-order valence-electron chi connectivity index (χ2n) is 5.89. The van der Waals surface area contributed by atoms with Gasteiger partial charge in [-0.15, -0.1) is 0 Å². The third-order valence-electron chi connectivity index (χ3n) is 4.16. The summed E-state index contributed by atoms with van der Waals surface area (Å²) in [6.07, 6.45) is 2.23. The number of methoxy groups -OCH3 is 1. The second kappa shape index (κ2) is 6.95. The minimum atomic E-state index is -0.377. The quantitative estimate of drug-likeness (QED) is 0.482. The number of benzene rings is 2. The minimum Gasteiger partial charge on any atom is -0.466 e. The van der Waals surface area contributed by atoms with Gasteiger partial charge in [0.2, 0.25) is 0 Å². The standard InChI is InChI=1S/C20H13Cl2NO2S/c1-25-20(24)14-7-12-9-15(21)10-16(22)18(12)26-19-13(8-14)6-11-4-2-3-5-17(11)23-19/h2-6,8-10H,7H2,1H3/b14-8+. The Balaban J connectivity index is 1.99. The van der Waals surface area contributed by atoms with Gasteiger partial charge in [0.1, 0.15) is 5.03 Å². The van der Waals surface area contributed by atoms with E-state index in [9.17, 15) is 4.79 Å². The molecule has 1 aromatic heterocycles. The summed E-state index contributed by atoms with van der Waals surface area (Å²) in [5, 5.41) is 2.88. The molecule has 1 aliphatic heterocycles. The molecule has 4 rings (SSSR count). The second-order valence-corrected chi connectivity index (χ2v) is 7.73. The number of aromatic nitrogens is 1. The normalized spacial score (nSPS) is 15.3. The van der Waals surface area contributed by atoms with Crippen LogP contribution in [0.5, 0.6) is 0 Å². The van der Waals surface area contributed by atoms with E-state index in [1.807, 2.05) is 42.5 Å². The number of carbonyl (C=O) groups is 1. The largest absolute Gasteiger partial charge is 0.466 e. The fraction of sp³-hybridized carbons (Fsp3) is 0.100. The van der Waals surface area contributed by atoms with E-state index < -0.39 is 0 Å². The summed E-state index contributed by atoms with van der Waals surface area (Å²) in [5.74, 6) is -0.377. The molecule has 3 aromatic rings. The van der Waals surface area contributed by atoms with E-state index in [-0.39, 0.29) is 5.97 Å². The lowest BCUT2D eigenvalue weighted by atomic mass is 10.0. The number of pyridine rings is 1. The van der Waals surface area contributed by atoms with Gasteiger partial charge in [0.05, 0.1) is 17.6 Å². The van der Waals surface area contributed by atoms with Crippen molar-refractivity contribution in [3.8, 4) is 0 Å². The molecule has 0 aliphatic carbocycles. The highest BCUT2D eigenvalue weighted by Crippen LogP contribution is 2.42. The molecule has 2 heterocycles. The predicted octanol–water partition coefficient (Wildman–Crippen LogP) is 5.81. The van der Waals surface area contributed by atoms with Crippen LogP contribution in [-0.2, 0) is 16.0 Å². The van der Waals surface area contributed by atoms with Crippen molar-refractivity contribution in [2.75, 3.05) is 7.11 Å². The molecular formula is C20H13Cl2NO2S. The Labute approximate surface area is 165 Å². The molecule has 0 atom stereocenters. The number of fused-ring (bicyclic) bond motifs is 3. The van der Waals surface area contributed by atoms with Gasteiger partial charge in [-0.3, -0.25) is 0 Å². The Morgan fingerprint density at radius 2 is 2.00 bits per heavy atom. The Morgan fingerprint density at radius 3 is 2.81 bits per heavy atom. The predicted molar refractivity (Wildman–Crippen MR) is 106 cm³/mol. The lowest BCUT2D eigenvalue weighted by Crippen LogP contribution is -2.09. The summed E-state index contributed by atoms with van der Waals surface area (Å²) < 4.78 is 4.96. The lowest BCUT2D eigenvalue weighted by molar-refractivity contribution is -0.136. The topological polar surface area (TPSA) is 39.2 Å². The Morgan fingerprint density at radius 1 is 1.19 bits per heavy atom. The van der Waals surface area contributed by atoms with Crippen LogP contribution in [0.2, 0.25) is 10.0 Å². The van der Waals surface area contributed by atoms with E-state index >= 15 is 0 Å². The van der Waals surface area contributed by atoms with Crippen LogP contribution in [0.1, 0.15) is 11.1 Å². The van der Waals surface area contributed by atoms with Gasteiger partial charge in [-0.2, -0.15) is 0 Å². The fourth-order valence-electron chi connectivity index (χ4n) is 2.96. The Hall–Kier alpha value is -2.01. The average molecular weight is 402 g/mol. The number of nitrogens with zero attached hydrogens (tertiary/aromatic N) is 1. The zero-order valence-corrected chi connectivity index (χ0v) is 16.1. The van der Waals surface area contributed by atoms with Gasteiger partial charge in [0.25, 0.3) is 0 Å². The first kappa shape index (κ1) is 17.4. The smallest absolute Gasteiger partial charge is 0.334 e. The highest BCUT2D eigenvalue weighted by atomic mass is 35.5. The molecule has 3 nitrogen and oxygen atoms in total. The molecule has 0 N–H and O–H groups in total. The van der Waals surface area contributed by atoms with Crippen molar-refractivity contribution in [3.05, 3.63) is 69.2 Å². The summed E-state index contributed by atoms with van der Waals surface area (Å²) >= 11 is 14.1. The van der Waals surface area contributed by atoms with Crippen LogP contribution < -0.4 is 0 Å². The first-order valence-electron chi connectivity index (χ1n) is 7.89. The van der Waals surface area contributed by atoms with Crippen LogP contribution >= 0.6 is 35.0 Å². The molecule has 0 radical (unpaired) electrons. The van der Waals surface area contributed by atoms with Crippen molar-refractivity contribution in [1.82, 2.24) is 4.98 Å². The monoisotopic (exact) mass is 401 g/mol. The number of ether oxygens (including phenoxy) is 1. The number of halogens is 2. The Bertz CT molecular complexity index is 1080. The van der Waals surface area contributed by atoms with Gasteiger partial charge in [-0.1, -0.05) is 53.2 Å². The third kappa shape index (κ3) is 3.20. The zero-order valence-electron chi connectivity index (χ0n) is 13.8. The van der Waals surface area contributed by atoms with E-state index in [1.54, 1.807) is 6.07 Å². The van der Waals surface area contributed by atoms with Crippen molar-refractivity contribution < 1.29 is 9.53 Å². The highest BCUT2D eigenvalue weighted by Gasteiger charge is 2.22. The fourth-order valence-corrected chi connectivity index (χ4v) is 4.60. The van der Waals surface area contributed by atoms with Crippen molar-refractivity contribution in [3.63, 3.8) is 0 Å². The number of carbonyl (C=O) groups excluding carboxylic acids is 1. The summed E-state index contributed by atoms with van der Waals surface area (Å²) in [6, 6.07) is 13.4. The number of hydrogen-bond acceptors (Lipinski definition) is 4. The maximum atomic E-state index is 12.3. The maximum absolute atomic E-state index is 12.3. The molecule has 0 spiro atoms. The van der Waals surface area contributed by atoms with Crippen molar-refractivity contribution in [1.29, 1.82) is 0 Å². The number of hydrogen-bond donors (Lipinski definition) is 0. The van der Waals surface area contributed by atoms with Gasteiger partial charge in [-0.25, -0.2) is 9.78 Å². The molecule has 1 aliphatic rings. The zero-order chi connectivity index (χ0) is 18.3. The van der Waals surface area contributed by atoms with Gasteiger partial charge >= 0.3 is 5.97 Å².